The van der Waals surface area contributed by atoms with E-state index in [2.05, 4.69) is 23.1 Å². The Morgan fingerprint density at radius 1 is 1.23 bits per heavy atom. The largest absolute Gasteiger partial charge is 0.339 e. The lowest BCUT2D eigenvalue weighted by atomic mass is 10.0. The topological polar surface area (TPSA) is 69.6 Å². The van der Waals surface area contributed by atoms with Crippen LogP contribution in [0.5, 0.6) is 0 Å². The number of pyridine rings is 1. The summed E-state index contributed by atoms with van der Waals surface area (Å²) in [6.07, 6.45) is 5.36. The molecule has 0 radical (unpaired) electrons. The van der Waals surface area contributed by atoms with Gasteiger partial charge in [0, 0.05) is 17.3 Å². The van der Waals surface area contributed by atoms with Crippen LogP contribution in [0.3, 0.4) is 0 Å². The second-order valence-electron chi connectivity index (χ2n) is 6.68. The van der Waals surface area contributed by atoms with Crippen molar-refractivity contribution in [3.63, 3.8) is 0 Å². The van der Waals surface area contributed by atoms with Crippen molar-refractivity contribution < 1.29 is 13.6 Å². The lowest BCUT2D eigenvalue weighted by Crippen LogP contribution is -2.10. The first-order valence-corrected chi connectivity index (χ1v) is 9.04. The van der Waals surface area contributed by atoms with Gasteiger partial charge in [0.2, 0.25) is 0 Å². The summed E-state index contributed by atoms with van der Waals surface area (Å²) in [5, 5.41) is 8.58. The van der Waals surface area contributed by atoms with Crippen LogP contribution in [0.25, 0.3) is 28.4 Å². The van der Waals surface area contributed by atoms with Crippen molar-refractivity contribution in [1.29, 1.82) is 5.41 Å². The number of allylic oxidation sites excluding steroid dienone is 5. The van der Waals surface area contributed by atoms with E-state index in [9.17, 15) is 13.6 Å². The van der Waals surface area contributed by atoms with Gasteiger partial charge in [0.25, 0.3) is 0 Å². The fraction of sp³-hybridized carbons (Fsp3) is 0.0417. The van der Waals surface area contributed by atoms with Crippen LogP contribution in [0, 0.1) is 11.2 Å². The fourth-order valence-corrected chi connectivity index (χ4v) is 2.84. The van der Waals surface area contributed by atoms with E-state index in [0.717, 1.165) is 22.7 Å². The van der Waals surface area contributed by atoms with Gasteiger partial charge in [0.15, 0.2) is 5.78 Å². The summed E-state index contributed by atoms with van der Waals surface area (Å²) in [5.74, 6) is -1.81. The van der Waals surface area contributed by atoms with Crippen LogP contribution in [-0.4, -0.2) is 21.5 Å². The van der Waals surface area contributed by atoms with Crippen LogP contribution in [0.1, 0.15) is 12.5 Å². The normalized spacial score (nSPS) is 12.1. The van der Waals surface area contributed by atoms with Gasteiger partial charge < -0.3 is 10.4 Å². The van der Waals surface area contributed by atoms with Crippen molar-refractivity contribution in [3.05, 3.63) is 96.3 Å². The molecule has 0 spiro atoms. The molecule has 6 heteroatoms. The molecule has 0 bridgehead atoms. The Balaban J connectivity index is 1.90. The second-order valence-corrected chi connectivity index (χ2v) is 6.68. The minimum atomic E-state index is -0.835. The molecule has 0 aliphatic rings. The average molecular weight is 403 g/mol. The Labute approximate surface area is 172 Å². The van der Waals surface area contributed by atoms with Crippen molar-refractivity contribution in [2.75, 3.05) is 0 Å². The van der Waals surface area contributed by atoms with Crippen LogP contribution < -0.4 is 0 Å². The molecule has 0 aliphatic carbocycles. The average Bonchev–Trinajstić information content (AvgIpc) is 3.15. The van der Waals surface area contributed by atoms with Crippen molar-refractivity contribution in [1.82, 2.24) is 9.97 Å². The van der Waals surface area contributed by atoms with Crippen LogP contribution in [-0.2, 0) is 4.79 Å². The zero-order valence-electron chi connectivity index (χ0n) is 16.3. The Bertz CT molecular complexity index is 1230. The third kappa shape index (κ3) is 4.38. The Hall–Kier alpha value is -3.93. The number of fused-ring (bicyclic) bond motifs is 1. The molecular weight excluding hydrogens is 384 g/mol. The van der Waals surface area contributed by atoms with E-state index in [0.29, 0.717) is 11.2 Å². The van der Waals surface area contributed by atoms with E-state index in [-0.39, 0.29) is 22.7 Å². The molecule has 0 amide bonds. The number of carbonyl (C=O) groups is 1. The number of nitrogens with zero attached hydrogens (tertiary/aromatic N) is 1. The molecule has 4 nitrogen and oxygen atoms in total. The van der Waals surface area contributed by atoms with E-state index >= 15 is 0 Å². The van der Waals surface area contributed by atoms with Crippen molar-refractivity contribution in [2.24, 2.45) is 0 Å². The van der Waals surface area contributed by atoms with Crippen LogP contribution in [0.2, 0.25) is 0 Å². The molecule has 2 heterocycles. The van der Waals surface area contributed by atoms with Crippen LogP contribution in [0.4, 0.5) is 8.78 Å². The Morgan fingerprint density at radius 2 is 1.93 bits per heavy atom. The van der Waals surface area contributed by atoms with E-state index in [4.69, 9.17) is 5.41 Å². The van der Waals surface area contributed by atoms with Gasteiger partial charge >= 0.3 is 0 Å². The highest BCUT2D eigenvalue weighted by Gasteiger charge is 2.17. The summed E-state index contributed by atoms with van der Waals surface area (Å²) in [6.45, 7) is 8.33. The Kier molecular flexibility index (Phi) is 5.97. The number of hydrogen-bond donors (Lipinski definition) is 2. The Morgan fingerprint density at radius 3 is 2.57 bits per heavy atom. The maximum atomic E-state index is 14.3. The molecule has 2 aromatic heterocycles. The van der Waals surface area contributed by atoms with Crippen molar-refractivity contribution in [3.8, 4) is 11.3 Å². The minimum Gasteiger partial charge on any atom is -0.339 e. The van der Waals surface area contributed by atoms with E-state index in [1.54, 1.807) is 18.3 Å². The summed E-state index contributed by atoms with van der Waals surface area (Å²) in [7, 11) is 0. The predicted octanol–water partition coefficient (Wildman–Crippen LogP) is 5.96. The zero-order valence-corrected chi connectivity index (χ0v) is 16.3. The molecule has 0 unspecified atom stereocenters. The number of benzene rings is 1. The van der Waals surface area contributed by atoms with Gasteiger partial charge in [-0.25, -0.2) is 13.8 Å². The van der Waals surface area contributed by atoms with Crippen LogP contribution in [0.15, 0.2) is 84.9 Å². The second kappa shape index (κ2) is 8.61. The number of ketones is 1. The van der Waals surface area contributed by atoms with E-state index < -0.39 is 11.6 Å². The first-order chi connectivity index (χ1) is 14.3. The van der Waals surface area contributed by atoms with Crippen molar-refractivity contribution in [2.45, 2.75) is 6.92 Å². The molecule has 3 aromatic rings. The zero-order chi connectivity index (χ0) is 21.8. The predicted molar refractivity (Wildman–Crippen MR) is 116 cm³/mol. The number of aromatic amines is 1. The molecule has 0 saturated heterocycles. The standard InChI is InChI=1S/C24H19F2N3O/c1-4-19(27)22(23(26)14(2)3)21(30)10-5-15-11-17-12-20(29-24(17)28-13-15)16-6-8-18(25)9-7-16/h4-13,27H,1-2H2,3H3,(H,28,29)/b10-5+,23-22-,27-19?. The first-order valence-electron chi connectivity index (χ1n) is 9.04. The van der Waals surface area contributed by atoms with E-state index in [1.165, 1.54) is 31.2 Å². The molecule has 0 aliphatic heterocycles. The number of rotatable bonds is 7. The SMILES string of the molecule is C=CC(=N)/C(C(=O)/C=C/c1cnc2[nH]c(-c3ccc(F)cc3)cc2c1)=C(/F)C(=C)C. The number of halogens is 2. The minimum absolute atomic E-state index is 0.0575. The van der Waals surface area contributed by atoms with Gasteiger partial charge in [-0.2, -0.15) is 0 Å². The molecule has 0 fully saturated rings. The highest BCUT2D eigenvalue weighted by atomic mass is 19.1. The maximum absolute atomic E-state index is 14.3. The number of carbonyl (C=O) groups excluding carboxylic acids is 1. The number of aromatic nitrogens is 2. The third-order valence-electron chi connectivity index (χ3n) is 4.39. The number of H-pyrrole nitrogens is 1. The fourth-order valence-electron chi connectivity index (χ4n) is 2.84. The van der Waals surface area contributed by atoms with Crippen molar-refractivity contribution >= 4 is 28.6 Å². The van der Waals surface area contributed by atoms with Gasteiger partial charge in [-0.1, -0.05) is 13.2 Å². The molecular formula is C24H19F2N3O. The molecule has 30 heavy (non-hydrogen) atoms. The lowest BCUT2D eigenvalue weighted by Gasteiger charge is -2.05. The third-order valence-corrected chi connectivity index (χ3v) is 4.39. The summed E-state index contributed by atoms with van der Waals surface area (Å²) in [5.41, 5.74) is 2.22. The molecule has 150 valence electrons. The highest BCUT2D eigenvalue weighted by molar-refractivity contribution is 6.29. The number of hydrogen-bond acceptors (Lipinski definition) is 3. The monoisotopic (exact) mass is 403 g/mol. The quantitative estimate of drug-likeness (QED) is 0.290. The molecule has 1 aromatic carbocycles. The van der Waals surface area contributed by atoms with Crippen LogP contribution >= 0.6 is 0 Å². The summed E-state index contributed by atoms with van der Waals surface area (Å²) >= 11 is 0. The lowest BCUT2D eigenvalue weighted by molar-refractivity contribution is -0.110. The van der Waals surface area contributed by atoms with Gasteiger partial charge in [-0.05, 0) is 78.3 Å². The first kappa shape index (κ1) is 20.8. The van der Waals surface area contributed by atoms with Gasteiger partial charge in [0.1, 0.15) is 17.3 Å². The molecule has 3 rings (SSSR count). The smallest absolute Gasteiger partial charge is 0.190 e. The summed E-state index contributed by atoms with van der Waals surface area (Å²) in [4.78, 5) is 20.0. The highest BCUT2D eigenvalue weighted by Crippen LogP contribution is 2.24. The maximum Gasteiger partial charge on any atom is 0.190 e. The molecule has 0 saturated carbocycles. The molecule has 2 N–H and O–H groups in total. The van der Waals surface area contributed by atoms with E-state index in [1.807, 2.05) is 12.1 Å². The number of nitrogens with one attached hydrogen (secondary N) is 2. The van der Waals surface area contributed by atoms with Gasteiger partial charge in [0.05, 0.1) is 11.3 Å². The summed E-state index contributed by atoms with van der Waals surface area (Å²) < 4.78 is 27.4. The van der Waals surface area contributed by atoms with Gasteiger partial charge in [-0.15, -0.1) is 0 Å². The summed E-state index contributed by atoms with van der Waals surface area (Å²) in [6, 6.07) is 9.77. The van der Waals surface area contributed by atoms with Gasteiger partial charge in [-0.3, -0.25) is 4.79 Å². The molecule has 0 atom stereocenters.